The Morgan fingerprint density at radius 3 is 1.78 bits per heavy atom. The summed E-state index contributed by atoms with van der Waals surface area (Å²) in [5.74, 6) is -0.406. The van der Waals surface area contributed by atoms with E-state index in [4.69, 9.17) is 23.8 Å². The summed E-state index contributed by atoms with van der Waals surface area (Å²) < 4.78 is 47.6. The van der Waals surface area contributed by atoms with Crippen molar-refractivity contribution in [2.75, 3.05) is 26.4 Å². The van der Waals surface area contributed by atoms with Crippen molar-refractivity contribution in [3.8, 4) is 0 Å². The lowest BCUT2D eigenvalue weighted by Crippen LogP contribution is -2.29. The van der Waals surface area contributed by atoms with Gasteiger partial charge >= 0.3 is 27.6 Å². The summed E-state index contributed by atoms with van der Waals surface area (Å²) in [6.45, 7) is 3.75. The second kappa shape index (κ2) is 38.2. The van der Waals surface area contributed by atoms with Gasteiger partial charge in [0.2, 0.25) is 0 Å². The average Bonchev–Trinajstić information content (AvgIpc) is 3.19. The van der Waals surface area contributed by atoms with Crippen LogP contribution in [0.4, 0.5) is 0 Å². The molecule has 16 heteroatoms. The quantitative estimate of drug-likeness (QED) is 0.0128. The normalized spacial score (nSPS) is 15.3. The van der Waals surface area contributed by atoms with E-state index in [0.717, 1.165) is 50.9 Å². The van der Waals surface area contributed by atoms with Gasteiger partial charge in [-0.3, -0.25) is 23.2 Å². The van der Waals surface area contributed by atoms with E-state index in [1.165, 1.54) is 38.5 Å². The Hall–Kier alpha value is -2.48. The molecular weight excluding hydrogens is 814 g/mol. The highest BCUT2D eigenvalue weighted by Crippen LogP contribution is 2.43. The van der Waals surface area contributed by atoms with Crippen LogP contribution in [0.5, 0.6) is 0 Å². The van der Waals surface area contributed by atoms with Gasteiger partial charge in [-0.2, -0.15) is 0 Å². The third-order valence-electron chi connectivity index (χ3n) is 8.62. The van der Waals surface area contributed by atoms with Crippen LogP contribution in [0.15, 0.2) is 72.9 Å². The third kappa shape index (κ3) is 42.2. The van der Waals surface area contributed by atoms with Gasteiger partial charge in [0.25, 0.3) is 0 Å². The largest absolute Gasteiger partial charge is 0.472 e. The molecule has 0 amide bonds. The lowest BCUT2D eigenvalue weighted by molar-refractivity contribution is -0.161. The zero-order valence-electron chi connectivity index (χ0n) is 36.3. The Morgan fingerprint density at radius 2 is 1.15 bits per heavy atom. The molecule has 0 saturated heterocycles. The van der Waals surface area contributed by atoms with Crippen molar-refractivity contribution >= 4 is 27.6 Å². The predicted octanol–water partition coefficient (Wildman–Crippen LogP) is 9.83. The van der Waals surface area contributed by atoms with Gasteiger partial charge in [0.1, 0.15) is 12.7 Å². The summed E-state index contributed by atoms with van der Waals surface area (Å²) in [6, 6.07) is 0. The average molecular weight is 891 g/mol. The number of aliphatic hydroxyl groups excluding tert-OH is 2. The molecular formula is C44H76O14P2. The van der Waals surface area contributed by atoms with Gasteiger partial charge in [0, 0.05) is 12.8 Å². The SMILES string of the molecule is CC/C=C\C/C=C\CC(O)/C=C/C=C\C/C=C\C/C=C\CCC(=O)OC[C@H](COP(=O)(O)OC[C@@H](O)COP(=O)(O)O)OC(=O)CCCCCCCCCCCCC(C)C. The molecule has 14 nitrogen and oxygen atoms in total. The van der Waals surface area contributed by atoms with E-state index >= 15 is 0 Å². The number of ether oxygens (including phenoxy) is 2. The van der Waals surface area contributed by atoms with E-state index in [1.807, 2.05) is 54.7 Å². The molecule has 4 atom stereocenters. The number of hydrogen-bond acceptors (Lipinski definition) is 11. The van der Waals surface area contributed by atoms with Crippen LogP contribution in [0.3, 0.4) is 0 Å². The van der Waals surface area contributed by atoms with E-state index in [0.29, 0.717) is 25.7 Å². The van der Waals surface area contributed by atoms with Crippen LogP contribution < -0.4 is 0 Å². The summed E-state index contributed by atoms with van der Waals surface area (Å²) in [5, 5.41) is 19.7. The lowest BCUT2D eigenvalue weighted by Gasteiger charge is -2.20. The van der Waals surface area contributed by atoms with Gasteiger partial charge in [-0.25, -0.2) is 9.13 Å². The van der Waals surface area contributed by atoms with Gasteiger partial charge < -0.3 is 34.4 Å². The van der Waals surface area contributed by atoms with Gasteiger partial charge in [-0.15, -0.1) is 0 Å². The number of aliphatic hydroxyl groups is 2. The first-order chi connectivity index (χ1) is 28.6. The molecule has 2 unspecified atom stereocenters. The predicted molar refractivity (Wildman–Crippen MR) is 236 cm³/mol. The second-order valence-electron chi connectivity index (χ2n) is 14.9. The van der Waals surface area contributed by atoms with E-state index in [-0.39, 0.29) is 12.8 Å². The number of phosphoric acid groups is 2. The molecule has 0 bridgehead atoms. The van der Waals surface area contributed by atoms with Crippen molar-refractivity contribution in [2.45, 2.75) is 161 Å². The molecule has 0 heterocycles. The highest BCUT2D eigenvalue weighted by atomic mass is 31.2. The minimum atomic E-state index is -4.88. The monoisotopic (exact) mass is 890 g/mol. The minimum Gasteiger partial charge on any atom is -0.462 e. The Bertz CT molecular complexity index is 1370. The van der Waals surface area contributed by atoms with Crippen LogP contribution >= 0.6 is 15.6 Å². The summed E-state index contributed by atoms with van der Waals surface area (Å²) >= 11 is 0. The molecule has 0 aromatic rings. The number of allylic oxidation sites excluding steroid dienone is 10. The maximum atomic E-state index is 12.6. The Morgan fingerprint density at radius 1 is 0.600 bits per heavy atom. The first-order valence-corrected chi connectivity index (χ1v) is 24.6. The van der Waals surface area contributed by atoms with Gasteiger partial charge in [0.05, 0.1) is 25.9 Å². The Kier molecular flexibility index (Phi) is 36.6. The zero-order valence-corrected chi connectivity index (χ0v) is 38.1. The summed E-state index contributed by atoms with van der Waals surface area (Å²) in [6.07, 6.45) is 36.7. The van der Waals surface area contributed by atoms with Crippen LogP contribution in [0.2, 0.25) is 0 Å². The Labute approximate surface area is 359 Å². The zero-order chi connectivity index (χ0) is 44.7. The van der Waals surface area contributed by atoms with E-state index < -0.39 is 72.3 Å². The third-order valence-corrected chi connectivity index (χ3v) is 10.1. The number of rotatable bonds is 39. The van der Waals surface area contributed by atoms with E-state index in [9.17, 15) is 33.8 Å². The molecule has 0 saturated carbocycles. The molecule has 0 fully saturated rings. The molecule has 5 N–H and O–H groups in total. The standard InChI is InChI=1S/C44H76O14P2/c1-4-5-6-7-21-26-31-40(45)32-27-22-17-13-9-11-14-18-23-28-33-43(47)54-37-42(38-57-60(52,53)56-36-41(46)35-55-59(49,50)51)58-44(48)34-29-24-19-15-10-8-12-16-20-25-30-39(2)3/h5-6,9,11,17-18,21-23,26-27,32,39-42,45-46H,4,7-8,10,12-16,19-20,24-25,28-31,33-38H2,1-3H3,(H,52,53)(H2,49,50,51)/b6-5-,11-9-,22-17-,23-18-,26-21-,32-27+/t40?,41-,42+/m0/s1. The fraction of sp³-hybridized carbons (Fsp3) is 0.682. The van der Waals surface area contributed by atoms with Crippen LogP contribution in [0.1, 0.15) is 143 Å². The summed E-state index contributed by atoms with van der Waals surface area (Å²) in [4.78, 5) is 52.6. The second-order valence-corrected chi connectivity index (χ2v) is 17.6. The fourth-order valence-corrected chi connectivity index (χ4v) is 6.50. The molecule has 346 valence electrons. The first kappa shape index (κ1) is 57.5. The molecule has 0 aromatic carbocycles. The van der Waals surface area contributed by atoms with Crippen LogP contribution in [-0.4, -0.2) is 81.6 Å². The van der Waals surface area contributed by atoms with Gasteiger partial charge in [-0.1, -0.05) is 158 Å². The number of phosphoric ester groups is 2. The highest BCUT2D eigenvalue weighted by Gasteiger charge is 2.28. The van der Waals surface area contributed by atoms with Gasteiger partial charge in [-0.05, 0) is 50.9 Å². The van der Waals surface area contributed by atoms with Crippen molar-refractivity contribution < 1.29 is 66.7 Å². The number of hydrogen-bond donors (Lipinski definition) is 5. The summed E-state index contributed by atoms with van der Waals surface area (Å²) in [7, 11) is -9.71. The number of carbonyl (C=O) groups excluding carboxylic acids is 2. The Balaban J connectivity index is 4.69. The molecule has 0 rings (SSSR count). The minimum absolute atomic E-state index is 0.0443. The molecule has 0 aliphatic rings. The van der Waals surface area contributed by atoms with Crippen LogP contribution in [0, 0.1) is 5.92 Å². The maximum Gasteiger partial charge on any atom is 0.472 e. The molecule has 0 aliphatic heterocycles. The number of unbranched alkanes of at least 4 members (excludes halogenated alkanes) is 9. The maximum absolute atomic E-state index is 12.6. The van der Waals surface area contributed by atoms with Crippen molar-refractivity contribution in [1.29, 1.82) is 0 Å². The summed E-state index contributed by atoms with van der Waals surface area (Å²) in [5.41, 5.74) is 0. The van der Waals surface area contributed by atoms with Crippen molar-refractivity contribution in [3.63, 3.8) is 0 Å². The molecule has 0 spiro atoms. The van der Waals surface area contributed by atoms with Crippen LogP contribution in [0.25, 0.3) is 0 Å². The topological polar surface area (TPSA) is 216 Å². The first-order valence-electron chi connectivity index (χ1n) is 21.6. The number of carbonyl (C=O) groups is 2. The van der Waals surface area contributed by atoms with Gasteiger partial charge in [0.15, 0.2) is 6.10 Å². The van der Waals surface area contributed by atoms with E-state index in [1.54, 1.807) is 6.08 Å². The molecule has 0 aliphatic carbocycles. The fourth-order valence-electron chi connectivity index (χ4n) is 5.35. The van der Waals surface area contributed by atoms with Crippen LogP contribution in [-0.2, 0) is 41.8 Å². The number of esters is 2. The van der Waals surface area contributed by atoms with Crippen molar-refractivity contribution in [1.82, 2.24) is 0 Å². The van der Waals surface area contributed by atoms with Crippen molar-refractivity contribution in [3.05, 3.63) is 72.9 Å². The molecule has 0 radical (unpaired) electrons. The smallest absolute Gasteiger partial charge is 0.462 e. The highest BCUT2D eigenvalue weighted by molar-refractivity contribution is 7.47. The van der Waals surface area contributed by atoms with E-state index in [2.05, 4.69) is 42.0 Å². The molecule has 60 heavy (non-hydrogen) atoms. The van der Waals surface area contributed by atoms with Crippen molar-refractivity contribution in [2.24, 2.45) is 5.92 Å². The molecule has 0 aromatic heterocycles. The lowest BCUT2D eigenvalue weighted by atomic mass is 10.0.